The van der Waals surface area contributed by atoms with Gasteiger partial charge in [-0.05, 0) is 46.7 Å². The first-order valence-corrected chi connectivity index (χ1v) is 7.20. The molecule has 0 saturated carbocycles. The van der Waals surface area contributed by atoms with Crippen LogP contribution in [-0.4, -0.2) is 27.6 Å². The molecule has 5 nitrogen and oxygen atoms in total. The second kappa shape index (κ2) is 6.33. The highest BCUT2D eigenvalue weighted by atomic mass is 127. The maximum atomic E-state index is 11.9. The third-order valence-corrected chi connectivity index (χ3v) is 3.57. The summed E-state index contributed by atoms with van der Waals surface area (Å²) in [5.74, 6) is 0. The highest BCUT2D eigenvalue weighted by Gasteiger charge is 2.15. The molecule has 0 atom stereocenters. The Labute approximate surface area is 124 Å². The Bertz CT molecular complexity index is 595. The molecular weight excluding hydrogens is 359 g/mol. The number of ether oxygens (including phenoxy) is 1. The van der Waals surface area contributed by atoms with Crippen LogP contribution in [-0.2, 0) is 11.3 Å². The van der Waals surface area contributed by atoms with E-state index in [1.165, 1.54) is 4.68 Å². The van der Waals surface area contributed by atoms with E-state index in [1.54, 1.807) is 12.1 Å². The number of rotatable bonds is 4. The number of nitrogens with zero attached hydrogens (tertiary/aromatic N) is 2. The molecular formula is C13H15IN2O3. The van der Waals surface area contributed by atoms with E-state index in [0.29, 0.717) is 12.1 Å². The van der Waals surface area contributed by atoms with Crippen molar-refractivity contribution in [2.75, 3.05) is 6.61 Å². The van der Waals surface area contributed by atoms with Crippen LogP contribution in [0.1, 0.15) is 25.3 Å². The fraction of sp³-hybridized carbons (Fsp3) is 0.385. The number of carbonyl (C=O) groups is 1. The maximum Gasteiger partial charge on any atom is 0.435 e. The van der Waals surface area contributed by atoms with E-state index >= 15 is 0 Å². The van der Waals surface area contributed by atoms with Crippen LogP contribution in [0.2, 0.25) is 0 Å². The summed E-state index contributed by atoms with van der Waals surface area (Å²) < 4.78 is 7.14. The van der Waals surface area contributed by atoms with Crippen LogP contribution in [0, 0.1) is 3.70 Å². The minimum Gasteiger partial charge on any atom is -0.448 e. The summed E-state index contributed by atoms with van der Waals surface area (Å²) in [6, 6.07) is 5.38. The molecule has 102 valence electrons. The van der Waals surface area contributed by atoms with Gasteiger partial charge in [-0.2, -0.15) is 9.78 Å². The zero-order valence-electron chi connectivity index (χ0n) is 10.6. The number of hydrogen-bond acceptors (Lipinski definition) is 4. The predicted molar refractivity (Wildman–Crippen MR) is 80.0 cm³/mol. The molecule has 6 heteroatoms. The van der Waals surface area contributed by atoms with Crippen molar-refractivity contribution in [2.45, 2.75) is 26.4 Å². The van der Waals surface area contributed by atoms with E-state index in [4.69, 9.17) is 9.84 Å². The quantitative estimate of drug-likeness (QED) is 0.660. The van der Waals surface area contributed by atoms with Crippen molar-refractivity contribution in [1.29, 1.82) is 0 Å². The molecule has 19 heavy (non-hydrogen) atoms. The molecule has 0 unspecified atom stereocenters. The van der Waals surface area contributed by atoms with Gasteiger partial charge in [0.2, 0.25) is 0 Å². The second-order valence-corrected chi connectivity index (χ2v) is 5.20. The number of fused-ring (bicyclic) bond motifs is 1. The molecule has 2 rings (SSSR count). The van der Waals surface area contributed by atoms with Crippen LogP contribution >= 0.6 is 22.6 Å². The molecule has 1 N–H and O–H groups in total. The van der Waals surface area contributed by atoms with Gasteiger partial charge in [0.05, 0.1) is 18.7 Å². The van der Waals surface area contributed by atoms with E-state index in [1.807, 2.05) is 13.0 Å². The minimum absolute atomic E-state index is 0.0296. The Kier molecular flexibility index (Phi) is 4.76. The van der Waals surface area contributed by atoms with Gasteiger partial charge in [0.15, 0.2) is 0 Å². The number of aliphatic hydroxyl groups is 1. The third kappa shape index (κ3) is 3.06. The summed E-state index contributed by atoms with van der Waals surface area (Å²) in [6.45, 7) is 2.41. The summed E-state index contributed by atoms with van der Waals surface area (Å²) >= 11 is 2.07. The smallest absolute Gasteiger partial charge is 0.435 e. The lowest BCUT2D eigenvalue weighted by molar-refractivity contribution is 0.144. The molecule has 0 aliphatic heterocycles. The highest BCUT2D eigenvalue weighted by Crippen LogP contribution is 2.22. The van der Waals surface area contributed by atoms with Crippen molar-refractivity contribution in [2.24, 2.45) is 0 Å². The van der Waals surface area contributed by atoms with Gasteiger partial charge in [-0.25, -0.2) is 4.79 Å². The normalized spacial score (nSPS) is 10.9. The molecule has 0 spiro atoms. The van der Waals surface area contributed by atoms with E-state index < -0.39 is 6.09 Å². The van der Waals surface area contributed by atoms with Crippen LogP contribution in [0.4, 0.5) is 4.79 Å². The zero-order valence-corrected chi connectivity index (χ0v) is 12.8. The summed E-state index contributed by atoms with van der Waals surface area (Å²) in [4.78, 5) is 11.9. The van der Waals surface area contributed by atoms with Crippen molar-refractivity contribution < 1.29 is 14.6 Å². The van der Waals surface area contributed by atoms with E-state index in [0.717, 1.165) is 27.5 Å². The molecule has 0 fully saturated rings. The van der Waals surface area contributed by atoms with Gasteiger partial charge in [-0.3, -0.25) is 0 Å². The molecule has 0 amide bonds. The van der Waals surface area contributed by atoms with E-state index in [9.17, 15) is 4.79 Å². The standard InChI is InChI=1S/C13H15IN2O3/c1-2-3-6-19-13(18)16-11-5-4-9(8-17)7-10(11)12(14)15-16/h4-5,7,17H,2-3,6,8H2,1H3. The SMILES string of the molecule is CCCCOC(=O)n1nc(I)c2cc(CO)ccc21. The average Bonchev–Trinajstić information content (AvgIpc) is 2.76. The first-order valence-electron chi connectivity index (χ1n) is 6.12. The topological polar surface area (TPSA) is 64.4 Å². The molecule has 0 radical (unpaired) electrons. The van der Waals surface area contributed by atoms with Crippen LogP contribution < -0.4 is 0 Å². The molecule has 1 aromatic heterocycles. The summed E-state index contributed by atoms with van der Waals surface area (Å²) in [5, 5.41) is 14.2. The lowest BCUT2D eigenvalue weighted by Crippen LogP contribution is -2.15. The van der Waals surface area contributed by atoms with Gasteiger partial charge in [-0.1, -0.05) is 19.4 Å². The van der Waals surface area contributed by atoms with Gasteiger partial charge in [0.1, 0.15) is 3.70 Å². The first kappa shape index (κ1) is 14.3. The minimum atomic E-state index is -0.460. The fourth-order valence-corrected chi connectivity index (χ4v) is 2.38. The monoisotopic (exact) mass is 374 g/mol. The number of halogens is 1. The van der Waals surface area contributed by atoms with Gasteiger partial charge in [-0.15, -0.1) is 0 Å². The largest absolute Gasteiger partial charge is 0.448 e. The molecule has 0 aliphatic carbocycles. The Morgan fingerprint density at radius 3 is 3.00 bits per heavy atom. The van der Waals surface area contributed by atoms with Crippen LogP contribution in [0.3, 0.4) is 0 Å². The number of hydrogen-bond donors (Lipinski definition) is 1. The molecule has 2 aromatic rings. The second-order valence-electron chi connectivity index (χ2n) is 4.18. The predicted octanol–water partition coefficient (Wildman–Crippen LogP) is 2.92. The number of aromatic nitrogens is 2. The van der Waals surface area contributed by atoms with Crippen molar-refractivity contribution in [3.63, 3.8) is 0 Å². The van der Waals surface area contributed by atoms with Crippen molar-refractivity contribution in [3.8, 4) is 0 Å². The number of unbranched alkanes of at least 4 members (excludes halogenated alkanes) is 1. The van der Waals surface area contributed by atoms with Crippen molar-refractivity contribution >= 4 is 39.6 Å². The van der Waals surface area contributed by atoms with Gasteiger partial charge >= 0.3 is 6.09 Å². The van der Waals surface area contributed by atoms with Crippen LogP contribution in [0.15, 0.2) is 18.2 Å². The Morgan fingerprint density at radius 1 is 1.53 bits per heavy atom. The highest BCUT2D eigenvalue weighted by molar-refractivity contribution is 14.1. The summed E-state index contributed by atoms with van der Waals surface area (Å²) in [7, 11) is 0. The lowest BCUT2D eigenvalue weighted by Gasteiger charge is -2.04. The lowest BCUT2D eigenvalue weighted by atomic mass is 10.2. The summed E-state index contributed by atoms with van der Waals surface area (Å²) in [5.41, 5.74) is 1.49. The number of carbonyl (C=O) groups excluding carboxylic acids is 1. The maximum absolute atomic E-state index is 11.9. The van der Waals surface area contributed by atoms with Crippen LogP contribution in [0.5, 0.6) is 0 Å². The number of aliphatic hydroxyl groups excluding tert-OH is 1. The van der Waals surface area contributed by atoms with Gasteiger partial charge < -0.3 is 9.84 Å². The van der Waals surface area contributed by atoms with Crippen LogP contribution in [0.25, 0.3) is 10.9 Å². The average molecular weight is 374 g/mol. The Hall–Kier alpha value is -1.15. The van der Waals surface area contributed by atoms with Crippen molar-refractivity contribution in [3.05, 3.63) is 27.5 Å². The fourth-order valence-electron chi connectivity index (χ4n) is 1.73. The van der Waals surface area contributed by atoms with Gasteiger partial charge in [0, 0.05) is 5.39 Å². The molecule has 1 heterocycles. The van der Waals surface area contributed by atoms with E-state index in [2.05, 4.69) is 27.7 Å². The zero-order chi connectivity index (χ0) is 13.8. The third-order valence-electron chi connectivity index (χ3n) is 2.78. The molecule has 1 aromatic carbocycles. The summed E-state index contributed by atoms with van der Waals surface area (Å²) in [6.07, 6.45) is 1.36. The van der Waals surface area contributed by atoms with Gasteiger partial charge in [0.25, 0.3) is 0 Å². The molecule has 0 saturated heterocycles. The Balaban J connectivity index is 2.31. The molecule has 0 aliphatic rings. The first-order chi connectivity index (χ1) is 9.17. The van der Waals surface area contributed by atoms with Crippen molar-refractivity contribution in [1.82, 2.24) is 9.78 Å². The molecule has 0 bridgehead atoms. The van der Waals surface area contributed by atoms with E-state index in [-0.39, 0.29) is 6.61 Å². The Morgan fingerprint density at radius 2 is 2.32 bits per heavy atom. The number of benzene rings is 1.